The van der Waals surface area contributed by atoms with E-state index in [1.54, 1.807) is 0 Å². The first kappa shape index (κ1) is 18.6. The third-order valence-electron chi connectivity index (χ3n) is 5.09. The maximum atomic E-state index is 5.73. The summed E-state index contributed by atoms with van der Waals surface area (Å²) in [6.45, 7) is 7.27. The Balaban J connectivity index is 1.74. The van der Waals surface area contributed by atoms with Crippen LogP contribution in [0.4, 0.5) is 0 Å². The van der Waals surface area contributed by atoms with E-state index in [4.69, 9.17) is 12.2 Å². The molecule has 1 aliphatic rings. The van der Waals surface area contributed by atoms with Crippen LogP contribution in [0, 0.1) is 0 Å². The Bertz CT molecular complexity index is 946. The van der Waals surface area contributed by atoms with Gasteiger partial charge in [0.05, 0.1) is 30.0 Å². The van der Waals surface area contributed by atoms with E-state index in [0.717, 1.165) is 16.5 Å². The van der Waals surface area contributed by atoms with Crippen molar-refractivity contribution in [3.05, 3.63) is 84.2 Å². The van der Waals surface area contributed by atoms with E-state index >= 15 is 0 Å². The van der Waals surface area contributed by atoms with Crippen LogP contribution in [0.5, 0.6) is 0 Å². The average Bonchev–Trinajstić information content (AvgIpc) is 3.29. The Morgan fingerprint density at radius 3 is 2.39 bits per heavy atom. The molecule has 4 rings (SSSR count). The Morgan fingerprint density at radius 2 is 1.79 bits per heavy atom. The molecule has 0 bridgehead atoms. The molecule has 1 saturated heterocycles. The van der Waals surface area contributed by atoms with E-state index in [0.29, 0.717) is 6.54 Å². The van der Waals surface area contributed by atoms with E-state index in [1.807, 2.05) is 42.7 Å². The lowest BCUT2D eigenvalue weighted by atomic mass is 9.99. The van der Waals surface area contributed by atoms with Gasteiger partial charge in [-0.2, -0.15) is 0 Å². The van der Waals surface area contributed by atoms with Crippen molar-refractivity contribution >= 4 is 17.3 Å². The summed E-state index contributed by atoms with van der Waals surface area (Å²) >= 11 is 5.73. The summed E-state index contributed by atoms with van der Waals surface area (Å²) in [5, 5.41) is 4.23. The normalized spacial score (nSPS) is 19.7. The van der Waals surface area contributed by atoms with Crippen molar-refractivity contribution in [2.45, 2.75) is 44.9 Å². The summed E-state index contributed by atoms with van der Waals surface area (Å²) in [5.41, 5.74) is 3.22. The van der Waals surface area contributed by atoms with Crippen LogP contribution < -0.4 is 5.32 Å². The molecule has 3 aromatic heterocycles. The van der Waals surface area contributed by atoms with E-state index in [1.165, 1.54) is 5.56 Å². The summed E-state index contributed by atoms with van der Waals surface area (Å²) in [4.78, 5) is 11.3. The first-order valence-electron chi connectivity index (χ1n) is 9.50. The maximum absolute atomic E-state index is 5.73. The number of thiocarbonyl (C=S) groups is 1. The first-order chi connectivity index (χ1) is 13.4. The first-order valence-corrected chi connectivity index (χ1v) is 9.90. The molecule has 4 heterocycles. The highest BCUT2D eigenvalue weighted by Gasteiger charge is 2.40. The number of hydrogen-bond acceptors (Lipinski definition) is 3. The fraction of sp³-hybridized carbons (Fsp3) is 0.318. The van der Waals surface area contributed by atoms with Gasteiger partial charge in [0.25, 0.3) is 0 Å². The van der Waals surface area contributed by atoms with Crippen molar-refractivity contribution < 1.29 is 0 Å². The Kier molecular flexibility index (Phi) is 4.89. The molecule has 0 saturated carbocycles. The topological polar surface area (TPSA) is 46.0 Å². The predicted molar refractivity (Wildman–Crippen MR) is 115 cm³/mol. The highest BCUT2D eigenvalue weighted by molar-refractivity contribution is 7.80. The minimum atomic E-state index is -0.00627. The molecule has 1 aliphatic heterocycles. The molecule has 3 aromatic rings. The van der Waals surface area contributed by atoms with Crippen LogP contribution in [0.15, 0.2) is 67.3 Å². The van der Waals surface area contributed by atoms with Gasteiger partial charge < -0.3 is 14.8 Å². The molecule has 2 atom stereocenters. The molecule has 0 radical (unpaired) electrons. The van der Waals surface area contributed by atoms with Gasteiger partial charge in [-0.3, -0.25) is 9.97 Å². The quantitative estimate of drug-likeness (QED) is 0.675. The number of pyridine rings is 2. The highest BCUT2D eigenvalue weighted by Crippen LogP contribution is 2.39. The van der Waals surface area contributed by atoms with Gasteiger partial charge in [0.2, 0.25) is 0 Å². The molecule has 0 aliphatic carbocycles. The minimum Gasteiger partial charge on any atom is -0.352 e. The fourth-order valence-corrected chi connectivity index (χ4v) is 3.92. The molecule has 0 aromatic carbocycles. The molecular weight excluding hydrogens is 366 g/mol. The SMILES string of the molecule is CC(C)(C)n1ccc([C@H]2[C@H](c3ccccn3)NC(=S)N2Cc2ccccn2)c1. The number of aromatic nitrogens is 3. The van der Waals surface area contributed by atoms with Gasteiger partial charge in [0.1, 0.15) is 0 Å². The van der Waals surface area contributed by atoms with Crippen LogP contribution in [0.3, 0.4) is 0 Å². The van der Waals surface area contributed by atoms with Crippen LogP contribution >= 0.6 is 12.2 Å². The number of nitrogens with zero attached hydrogens (tertiary/aromatic N) is 4. The highest BCUT2D eigenvalue weighted by atomic mass is 32.1. The molecule has 28 heavy (non-hydrogen) atoms. The van der Waals surface area contributed by atoms with Crippen molar-refractivity contribution in [3.8, 4) is 0 Å². The van der Waals surface area contributed by atoms with Crippen molar-refractivity contribution in [1.29, 1.82) is 0 Å². The minimum absolute atomic E-state index is 0.00627. The zero-order valence-electron chi connectivity index (χ0n) is 16.4. The summed E-state index contributed by atoms with van der Waals surface area (Å²) in [5.74, 6) is 0. The number of rotatable bonds is 4. The van der Waals surface area contributed by atoms with Crippen molar-refractivity contribution in [2.24, 2.45) is 0 Å². The standard InChI is InChI=1S/C22H25N5S/c1-22(2,3)26-13-10-16(14-26)20-19(18-9-5-7-12-24-18)25-21(28)27(20)15-17-8-4-6-11-23-17/h4-14,19-20H,15H2,1-3H3,(H,25,28)/t19-,20-/m0/s1. The second-order valence-electron chi connectivity index (χ2n) is 8.10. The average molecular weight is 392 g/mol. The van der Waals surface area contributed by atoms with Crippen LogP contribution in [0.2, 0.25) is 0 Å². The van der Waals surface area contributed by atoms with Crippen LogP contribution in [0.1, 0.15) is 49.8 Å². The largest absolute Gasteiger partial charge is 0.352 e. The van der Waals surface area contributed by atoms with Crippen LogP contribution in [0.25, 0.3) is 0 Å². The second-order valence-corrected chi connectivity index (χ2v) is 8.49. The second kappa shape index (κ2) is 7.36. The monoisotopic (exact) mass is 391 g/mol. The molecule has 0 unspecified atom stereocenters. The zero-order valence-corrected chi connectivity index (χ0v) is 17.2. The van der Waals surface area contributed by atoms with E-state index in [9.17, 15) is 0 Å². The van der Waals surface area contributed by atoms with Gasteiger partial charge in [-0.15, -0.1) is 0 Å². The van der Waals surface area contributed by atoms with Gasteiger partial charge in [0, 0.05) is 30.3 Å². The lowest BCUT2D eigenvalue weighted by Crippen LogP contribution is -2.29. The Hall–Kier alpha value is -2.73. The Morgan fingerprint density at radius 1 is 1.04 bits per heavy atom. The van der Waals surface area contributed by atoms with Gasteiger partial charge in [-0.25, -0.2) is 0 Å². The van der Waals surface area contributed by atoms with Gasteiger partial charge >= 0.3 is 0 Å². The van der Waals surface area contributed by atoms with Crippen LogP contribution in [-0.2, 0) is 12.1 Å². The molecule has 1 N–H and O–H groups in total. The zero-order chi connectivity index (χ0) is 19.7. The van der Waals surface area contributed by atoms with Crippen molar-refractivity contribution in [3.63, 3.8) is 0 Å². The lowest BCUT2D eigenvalue weighted by Gasteiger charge is -2.27. The van der Waals surface area contributed by atoms with E-state index in [2.05, 4.69) is 70.0 Å². The Labute approximate surface area is 171 Å². The molecule has 5 nitrogen and oxygen atoms in total. The molecule has 6 heteroatoms. The summed E-state index contributed by atoms with van der Waals surface area (Å²) in [6, 6.07) is 14.2. The molecular formula is C22H25N5S. The summed E-state index contributed by atoms with van der Waals surface area (Å²) in [6.07, 6.45) is 8.02. The van der Waals surface area contributed by atoms with E-state index in [-0.39, 0.29) is 17.6 Å². The summed E-state index contributed by atoms with van der Waals surface area (Å²) < 4.78 is 2.25. The number of hydrogen-bond donors (Lipinski definition) is 1. The van der Waals surface area contributed by atoms with E-state index < -0.39 is 0 Å². The molecule has 0 spiro atoms. The molecule has 1 fully saturated rings. The maximum Gasteiger partial charge on any atom is 0.170 e. The van der Waals surface area contributed by atoms with Crippen molar-refractivity contribution in [2.75, 3.05) is 0 Å². The van der Waals surface area contributed by atoms with Gasteiger partial charge in [0.15, 0.2) is 5.11 Å². The third kappa shape index (κ3) is 3.64. The predicted octanol–water partition coefficient (Wildman–Crippen LogP) is 4.21. The van der Waals surface area contributed by atoms with Crippen molar-refractivity contribution in [1.82, 2.24) is 24.8 Å². The lowest BCUT2D eigenvalue weighted by molar-refractivity contribution is 0.306. The van der Waals surface area contributed by atoms with Gasteiger partial charge in [-0.05, 0) is 68.9 Å². The molecule has 0 amide bonds. The number of nitrogens with one attached hydrogen (secondary N) is 1. The van der Waals surface area contributed by atoms with Crippen LogP contribution in [-0.4, -0.2) is 24.5 Å². The van der Waals surface area contributed by atoms with Gasteiger partial charge in [-0.1, -0.05) is 12.1 Å². The molecule has 144 valence electrons. The fourth-order valence-electron chi connectivity index (χ4n) is 3.61. The smallest absolute Gasteiger partial charge is 0.170 e. The third-order valence-corrected chi connectivity index (χ3v) is 5.44. The summed E-state index contributed by atoms with van der Waals surface area (Å²) in [7, 11) is 0.